The van der Waals surface area contributed by atoms with E-state index in [4.69, 9.17) is 0 Å². The highest BCUT2D eigenvalue weighted by Gasteiger charge is 2.02. The second kappa shape index (κ2) is 3.68. The van der Waals surface area contributed by atoms with E-state index in [1.165, 1.54) is 6.92 Å². The minimum absolute atomic E-state index is 0.0114. The Morgan fingerprint density at radius 1 is 1.33 bits per heavy atom. The zero-order chi connectivity index (χ0) is 9.14. The fraction of sp³-hybridized carbons (Fsp3) is 0.100. The molecule has 0 spiro atoms. The molecule has 1 nitrogen and oxygen atoms in total. The molecule has 0 aliphatic carbocycles. The van der Waals surface area contributed by atoms with Gasteiger partial charge in [0.25, 0.3) is 0 Å². The van der Waals surface area contributed by atoms with Gasteiger partial charge in [0.1, 0.15) is 0 Å². The first-order valence-electron chi connectivity index (χ1n) is 3.57. The quantitative estimate of drug-likeness (QED) is 0.707. The first kappa shape index (κ1) is 9.20. The number of hydrogen-bond donors (Lipinski definition) is 0. The van der Waals surface area contributed by atoms with Crippen molar-refractivity contribution in [2.24, 2.45) is 0 Å². The predicted octanol–water partition coefficient (Wildman–Crippen LogP) is 3.05. The molecule has 0 unspecified atom stereocenters. The van der Waals surface area contributed by atoms with Crippen molar-refractivity contribution in [1.82, 2.24) is 0 Å². The van der Waals surface area contributed by atoms with Crippen molar-refractivity contribution >= 4 is 27.3 Å². The Hall–Kier alpha value is -0.890. The summed E-state index contributed by atoms with van der Waals surface area (Å²) in [7, 11) is 0. The van der Waals surface area contributed by atoms with Crippen molar-refractivity contribution in [2.75, 3.05) is 0 Å². The smallest absolute Gasteiger partial charge is 0.159 e. The second-order valence-electron chi connectivity index (χ2n) is 2.54. The maximum Gasteiger partial charge on any atom is 0.159 e. The van der Waals surface area contributed by atoms with E-state index in [1.807, 2.05) is 24.3 Å². The average molecular weight is 225 g/mol. The molecular formula is C10H9BrO. The molecule has 0 aliphatic heterocycles. The molecule has 2 heteroatoms. The summed E-state index contributed by atoms with van der Waals surface area (Å²) in [5.74, 6) is 0.0114. The minimum Gasteiger partial charge on any atom is -0.295 e. The lowest BCUT2D eigenvalue weighted by Gasteiger charge is -2.00. The Labute approximate surface area is 80.2 Å². The fourth-order valence-corrected chi connectivity index (χ4v) is 1.12. The van der Waals surface area contributed by atoms with Crippen LogP contribution in [0.3, 0.4) is 0 Å². The number of ketones is 1. The summed E-state index contributed by atoms with van der Waals surface area (Å²) < 4.78 is 1.00. The summed E-state index contributed by atoms with van der Waals surface area (Å²) in [5.41, 5.74) is 1.44. The molecule has 0 aromatic heterocycles. The van der Waals surface area contributed by atoms with Gasteiger partial charge in [-0.1, -0.05) is 34.6 Å². The van der Waals surface area contributed by atoms with Crippen LogP contribution in [0.1, 0.15) is 12.5 Å². The highest BCUT2D eigenvalue weighted by atomic mass is 79.9. The minimum atomic E-state index is 0.0114. The van der Waals surface area contributed by atoms with Gasteiger partial charge in [0.15, 0.2) is 5.78 Å². The van der Waals surface area contributed by atoms with Crippen molar-refractivity contribution in [3.63, 3.8) is 0 Å². The molecular weight excluding hydrogens is 216 g/mol. The lowest BCUT2D eigenvalue weighted by atomic mass is 10.1. The zero-order valence-corrected chi connectivity index (χ0v) is 8.39. The van der Waals surface area contributed by atoms with Crippen LogP contribution in [-0.4, -0.2) is 5.78 Å². The first-order chi connectivity index (χ1) is 5.61. The molecule has 0 aliphatic rings. The number of carbonyl (C=O) groups excluding carboxylic acids is 1. The largest absolute Gasteiger partial charge is 0.295 e. The van der Waals surface area contributed by atoms with Crippen LogP contribution in [0.2, 0.25) is 0 Å². The van der Waals surface area contributed by atoms with Crippen LogP contribution in [0, 0.1) is 0 Å². The molecule has 62 valence electrons. The maximum absolute atomic E-state index is 10.9. The molecule has 0 radical (unpaired) electrons. The van der Waals surface area contributed by atoms with E-state index in [-0.39, 0.29) is 5.78 Å². The number of rotatable bonds is 2. The highest BCUT2D eigenvalue weighted by molar-refractivity contribution is 9.10. The number of hydrogen-bond acceptors (Lipinski definition) is 1. The Balaban J connectivity index is 2.98. The maximum atomic E-state index is 10.9. The van der Waals surface area contributed by atoms with Crippen molar-refractivity contribution in [2.45, 2.75) is 6.92 Å². The van der Waals surface area contributed by atoms with Gasteiger partial charge in [-0.25, -0.2) is 0 Å². The molecule has 0 atom stereocenters. The Morgan fingerprint density at radius 2 is 1.83 bits per heavy atom. The van der Waals surface area contributed by atoms with E-state index >= 15 is 0 Å². The van der Waals surface area contributed by atoms with Gasteiger partial charge < -0.3 is 0 Å². The monoisotopic (exact) mass is 224 g/mol. The topological polar surface area (TPSA) is 17.1 Å². The van der Waals surface area contributed by atoms with E-state index in [1.54, 1.807) is 0 Å². The van der Waals surface area contributed by atoms with E-state index in [2.05, 4.69) is 22.5 Å². The molecule has 1 aromatic carbocycles. The molecule has 12 heavy (non-hydrogen) atoms. The molecule has 0 N–H and O–H groups in total. The molecule has 1 aromatic rings. The van der Waals surface area contributed by atoms with Gasteiger partial charge in [0.2, 0.25) is 0 Å². The van der Waals surface area contributed by atoms with E-state index in [0.29, 0.717) is 5.57 Å². The summed E-state index contributed by atoms with van der Waals surface area (Å²) in [6.45, 7) is 5.21. The third kappa shape index (κ3) is 2.05. The lowest BCUT2D eigenvalue weighted by molar-refractivity contribution is -0.111. The van der Waals surface area contributed by atoms with Crippen LogP contribution in [0.15, 0.2) is 35.3 Å². The van der Waals surface area contributed by atoms with Gasteiger partial charge in [-0.05, 0) is 24.6 Å². The van der Waals surface area contributed by atoms with Crippen LogP contribution >= 0.6 is 15.9 Å². The molecule has 0 bridgehead atoms. The van der Waals surface area contributed by atoms with Gasteiger partial charge >= 0.3 is 0 Å². The molecule has 0 heterocycles. The summed E-state index contributed by atoms with van der Waals surface area (Å²) in [6.07, 6.45) is 0. The van der Waals surface area contributed by atoms with Gasteiger partial charge in [-0.2, -0.15) is 0 Å². The zero-order valence-electron chi connectivity index (χ0n) is 6.80. The van der Waals surface area contributed by atoms with Gasteiger partial charge in [0, 0.05) is 10.0 Å². The highest BCUT2D eigenvalue weighted by Crippen LogP contribution is 2.16. The molecule has 0 fully saturated rings. The van der Waals surface area contributed by atoms with Crippen LogP contribution in [0.25, 0.3) is 5.57 Å². The Kier molecular flexibility index (Phi) is 2.82. The van der Waals surface area contributed by atoms with Crippen molar-refractivity contribution in [3.8, 4) is 0 Å². The normalized spacial score (nSPS) is 9.50. The van der Waals surface area contributed by atoms with Crippen LogP contribution in [-0.2, 0) is 4.79 Å². The average Bonchev–Trinajstić information content (AvgIpc) is 2.04. The van der Waals surface area contributed by atoms with E-state index in [9.17, 15) is 4.79 Å². The number of Topliss-reactive ketones (excluding diaryl/α,β-unsaturated/α-hetero) is 1. The summed E-state index contributed by atoms with van der Waals surface area (Å²) in [6, 6.07) is 7.52. The van der Waals surface area contributed by atoms with Gasteiger partial charge in [-0.3, -0.25) is 4.79 Å². The molecule has 0 amide bonds. The predicted molar refractivity (Wildman–Crippen MR) is 53.9 cm³/mol. The fourth-order valence-electron chi connectivity index (χ4n) is 0.854. The van der Waals surface area contributed by atoms with Gasteiger partial charge in [-0.15, -0.1) is 0 Å². The van der Waals surface area contributed by atoms with E-state index in [0.717, 1.165) is 10.0 Å². The van der Waals surface area contributed by atoms with Crippen molar-refractivity contribution in [3.05, 3.63) is 40.9 Å². The number of halogens is 1. The first-order valence-corrected chi connectivity index (χ1v) is 4.36. The summed E-state index contributed by atoms with van der Waals surface area (Å²) in [4.78, 5) is 10.9. The lowest BCUT2D eigenvalue weighted by Crippen LogP contribution is -1.93. The standard InChI is InChI=1S/C10H9BrO/c1-7(8(2)12)9-3-5-10(11)6-4-9/h3-6H,1H2,2H3. The molecule has 0 saturated carbocycles. The third-order valence-corrected chi connectivity index (χ3v) is 2.15. The van der Waals surface area contributed by atoms with Crippen LogP contribution in [0.5, 0.6) is 0 Å². The van der Waals surface area contributed by atoms with Crippen LogP contribution < -0.4 is 0 Å². The summed E-state index contributed by atoms with van der Waals surface area (Å²) >= 11 is 3.32. The third-order valence-electron chi connectivity index (χ3n) is 1.62. The second-order valence-corrected chi connectivity index (χ2v) is 3.46. The van der Waals surface area contributed by atoms with E-state index < -0.39 is 0 Å². The SMILES string of the molecule is C=C(C(C)=O)c1ccc(Br)cc1. The van der Waals surface area contributed by atoms with Crippen molar-refractivity contribution in [1.29, 1.82) is 0 Å². The Morgan fingerprint density at radius 3 is 2.25 bits per heavy atom. The van der Waals surface area contributed by atoms with Gasteiger partial charge in [0.05, 0.1) is 0 Å². The molecule has 0 saturated heterocycles. The Bertz CT molecular complexity index is 311. The number of benzene rings is 1. The number of carbonyl (C=O) groups is 1. The number of allylic oxidation sites excluding steroid dienone is 1. The van der Waals surface area contributed by atoms with Crippen molar-refractivity contribution < 1.29 is 4.79 Å². The van der Waals surface area contributed by atoms with Crippen LogP contribution in [0.4, 0.5) is 0 Å². The molecule has 1 rings (SSSR count). The summed E-state index contributed by atoms with van der Waals surface area (Å²) in [5, 5.41) is 0.